The van der Waals surface area contributed by atoms with Crippen molar-refractivity contribution in [3.05, 3.63) is 46.6 Å². The van der Waals surface area contributed by atoms with Gasteiger partial charge in [-0.2, -0.15) is 0 Å². The number of carbonyl (C=O) groups excluding carboxylic acids is 1. The van der Waals surface area contributed by atoms with Gasteiger partial charge in [0.05, 0.1) is 17.9 Å². The Hall–Kier alpha value is -1.96. The maximum Gasteiger partial charge on any atom is 0.238 e. The van der Waals surface area contributed by atoms with Crippen LogP contribution in [0.2, 0.25) is 5.02 Å². The van der Waals surface area contributed by atoms with E-state index < -0.39 is 5.82 Å². The second kappa shape index (κ2) is 7.95. The Morgan fingerprint density at radius 1 is 1.28 bits per heavy atom. The number of aryl methyl sites for hydroxylation is 1. The van der Waals surface area contributed by atoms with Crippen molar-refractivity contribution in [3.8, 4) is 0 Å². The van der Waals surface area contributed by atoms with Gasteiger partial charge in [-0.15, -0.1) is 0 Å². The predicted molar refractivity (Wildman–Crippen MR) is 93.0 cm³/mol. The van der Waals surface area contributed by atoms with E-state index in [9.17, 15) is 9.18 Å². The summed E-state index contributed by atoms with van der Waals surface area (Å²) in [5, 5.41) is 6.96. The molecule has 1 saturated heterocycles. The molecule has 134 valence electrons. The van der Waals surface area contributed by atoms with Crippen LogP contribution in [-0.4, -0.2) is 53.6 Å². The first-order valence-corrected chi connectivity index (χ1v) is 8.49. The van der Waals surface area contributed by atoms with Crippen LogP contribution in [0.4, 0.5) is 10.1 Å². The van der Waals surface area contributed by atoms with Crippen LogP contribution in [0.25, 0.3) is 0 Å². The van der Waals surface area contributed by atoms with Crippen molar-refractivity contribution in [1.29, 1.82) is 0 Å². The standard InChI is InChI=1S/C17H20ClFN4O2/c1-12-8-14(21-25-12)10-22-4-6-23(7-5-22)11-17(24)20-16-9-13(18)2-3-15(16)19/h2-3,8-9H,4-7,10-11H2,1H3,(H,20,24). The van der Waals surface area contributed by atoms with Crippen LogP contribution in [0.15, 0.2) is 28.8 Å². The van der Waals surface area contributed by atoms with Crippen molar-refractivity contribution in [2.45, 2.75) is 13.5 Å². The SMILES string of the molecule is Cc1cc(CN2CCN(CC(=O)Nc3cc(Cl)ccc3F)CC2)no1. The summed E-state index contributed by atoms with van der Waals surface area (Å²) in [5.41, 5.74) is 1.03. The number of amides is 1. The molecule has 1 aliphatic rings. The van der Waals surface area contributed by atoms with Crippen molar-refractivity contribution in [2.75, 3.05) is 38.0 Å². The highest BCUT2D eigenvalue weighted by molar-refractivity contribution is 6.30. The fourth-order valence-corrected chi connectivity index (χ4v) is 2.99. The maximum atomic E-state index is 13.7. The molecule has 6 nitrogen and oxygen atoms in total. The van der Waals surface area contributed by atoms with Crippen molar-refractivity contribution in [3.63, 3.8) is 0 Å². The minimum absolute atomic E-state index is 0.109. The predicted octanol–water partition coefficient (Wildman–Crippen LogP) is 2.53. The van der Waals surface area contributed by atoms with Crippen LogP contribution in [0.5, 0.6) is 0 Å². The molecule has 1 fully saturated rings. The Balaban J connectivity index is 1.45. The third kappa shape index (κ3) is 5.01. The molecule has 0 spiro atoms. The molecule has 0 unspecified atom stereocenters. The number of rotatable bonds is 5. The quantitative estimate of drug-likeness (QED) is 0.881. The van der Waals surface area contributed by atoms with Crippen LogP contribution in [-0.2, 0) is 11.3 Å². The highest BCUT2D eigenvalue weighted by Gasteiger charge is 2.20. The molecule has 0 aliphatic carbocycles. The fraction of sp³-hybridized carbons (Fsp3) is 0.412. The van der Waals surface area contributed by atoms with Gasteiger partial charge in [0.1, 0.15) is 11.6 Å². The minimum Gasteiger partial charge on any atom is -0.361 e. The molecule has 0 bridgehead atoms. The molecule has 0 saturated carbocycles. The minimum atomic E-state index is -0.495. The Labute approximate surface area is 150 Å². The number of piperazine rings is 1. The van der Waals surface area contributed by atoms with Gasteiger partial charge in [0.2, 0.25) is 5.91 Å². The van der Waals surface area contributed by atoms with E-state index in [4.69, 9.17) is 16.1 Å². The van der Waals surface area contributed by atoms with E-state index in [0.717, 1.165) is 44.2 Å². The highest BCUT2D eigenvalue weighted by atomic mass is 35.5. The van der Waals surface area contributed by atoms with E-state index >= 15 is 0 Å². The Bertz CT molecular complexity index is 744. The fourth-order valence-electron chi connectivity index (χ4n) is 2.81. The van der Waals surface area contributed by atoms with Crippen molar-refractivity contribution in [2.24, 2.45) is 0 Å². The molecule has 1 aromatic heterocycles. The van der Waals surface area contributed by atoms with Gasteiger partial charge in [0, 0.05) is 43.8 Å². The van der Waals surface area contributed by atoms with Crippen LogP contribution < -0.4 is 5.32 Å². The van der Waals surface area contributed by atoms with Gasteiger partial charge in [0.15, 0.2) is 0 Å². The summed E-state index contributed by atoms with van der Waals surface area (Å²) in [4.78, 5) is 16.4. The third-order valence-electron chi connectivity index (χ3n) is 4.10. The summed E-state index contributed by atoms with van der Waals surface area (Å²) in [5.74, 6) is 0.0609. The zero-order valence-electron chi connectivity index (χ0n) is 14.0. The number of nitrogens with zero attached hydrogens (tertiary/aromatic N) is 3. The van der Waals surface area contributed by atoms with Gasteiger partial charge in [-0.3, -0.25) is 14.6 Å². The van der Waals surface area contributed by atoms with Crippen molar-refractivity contribution in [1.82, 2.24) is 15.0 Å². The molecule has 8 heteroatoms. The first-order chi connectivity index (χ1) is 12.0. The molecule has 0 atom stereocenters. The van der Waals surface area contributed by atoms with E-state index in [2.05, 4.69) is 15.4 Å². The highest BCUT2D eigenvalue weighted by Crippen LogP contribution is 2.19. The first-order valence-electron chi connectivity index (χ1n) is 8.11. The summed E-state index contributed by atoms with van der Waals surface area (Å²) in [6.07, 6.45) is 0. The first kappa shape index (κ1) is 17.8. The van der Waals surface area contributed by atoms with E-state index in [1.807, 2.05) is 17.9 Å². The molecule has 0 radical (unpaired) electrons. The summed E-state index contributed by atoms with van der Waals surface area (Å²) >= 11 is 5.83. The van der Waals surface area contributed by atoms with Gasteiger partial charge in [-0.1, -0.05) is 16.8 Å². The van der Waals surface area contributed by atoms with Crippen LogP contribution in [0, 0.1) is 12.7 Å². The number of carbonyl (C=O) groups is 1. The maximum absolute atomic E-state index is 13.7. The van der Waals surface area contributed by atoms with Crippen molar-refractivity contribution >= 4 is 23.2 Å². The number of nitrogens with one attached hydrogen (secondary N) is 1. The van der Waals surface area contributed by atoms with E-state index in [-0.39, 0.29) is 18.1 Å². The molecule has 1 aliphatic heterocycles. The Kier molecular flexibility index (Phi) is 5.67. The lowest BCUT2D eigenvalue weighted by atomic mass is 10.2. The normalized spacial score (nSPS) is 16.1. The topological polar surface area (TPSA) is 61.6 Å². The lowest BCUT2D eigenvalue weighted by molar-refractivity contribution is -0.117. The second-order valence-corrected chi connectivity index (χ2v) is 6.59. The monoisotopic (exact) mass is 366 g/mol. The van der Waals surface area contributed by atoms with Crippen LogP contribution in [0.3, 0.4) is 0 Å². The molecule has 1 amide bonds. The summed E-state index contributed by atoms with van der Waals surface area (Å²) in [6.45, 7) is 6.05. The van der Waals surface area contributed by atoms with Gasteiger partial charge < -0.3 is 9.84 Å². The van der Waals surface area contributed by atoms with E-state index in [0.29, 0.717) is 5.02 Å². The van der Waals surface area contributed by atoms with E-state index in [1.165, 1.54) is 18.2 Å². The molecule has 25 heavy (non-hydrogen) atoms. The molecular formula is C17H20ClFN4O2. The zero-order chi connectivity index (χ0) is 17.8. The van der Waals surface area contributed by atoms with Gasteiger partial charge in [0.25, 0.3) is 0 Å². The smallest absolute Gasteiger partial charge is 0.238 e. The van der Waals surface area contributed by atoms with Gasteiger partial charge >= 0.3 is 0 Å². The lowest BCUT2D eigenvalue weighted by Crippen LogP contribution is -2.48. The lowest BCUT2D eigenvalue weighted by Gasteiger charge is -2.33. The number of hydrogen-bond donors (Lipinski definition) is 1. The molecule has 2 heterocycles. The molecule has 3 rings (SSSR count). The average molecular weight is 367 g/mol. The van der Waals surface area contributed by atoms with E-state index in [1.54, 1.807) is 0 Å². The Morgan fingerprint density at radius 2 is 2.00 bits per heavy atom. The number of hydrogen-bond acceptors (Lipinski definition) is 5. The Morgan fingerprint density at radius 3 is 2.68 bits per heavy atom. The van der Waals surface area contributed by atoms with Crippen LogP contribution in [0.1, 0.15) is 11.5 Å². The number of aromatic nitrogens is 1. The zero-order valence-corrected chi connectivity index (χ0v) is 14.7. The number of benzene rings is 1. The largest absolute Gasteiger partial charge is 0.361 e. The summed E-state index contributed by atoms with van der Waals surface area (Å²) in [6, 6.07) is 6.02. The third-order valence-corrected chi connectivity index (χ3v) is 4.33. The molecule has 1 aromatic carbocycles. The summed E-state index contributed by atoms with van der Waals surface area (Å²) in [7, 11) is 0. The molecule has 1 N–H and O–H groups in total. The summed E-state index contributed by atoms with van der Waals surface area (Å²) < 4.78 is 18.7. The molecular weight excluding hydrogens is 347 g/mol. The second-order valence-electron chi connectivity index (χ2n) is 6.15. The molecule has 2 aromatic rings. The van der Waals surface area contributed by atoms with Gasteiger partial charge in [-0.05, 0) is 25.1 Å². The average Bonchev–Trinajstić information content (AvgIpc) is 2.98. The van der Waals surface area contributed by atoms with Gasteiger partial charge in [-0.25, -0.2) is 4.39 Å². The number of anilines is 1. The van der Waals surface area contributed by atoms with Crippen LogP contribution >= 0.6 is 11.6 Å². The number of halogens is 2. The van der Waals surface area contributed by atoms with Crippen molar-refractivity contribution < 1.29 is 13.7 Å².